The Bertz CT molecular complexity index is 365. The van der Waals surface area contributed by atoms with Gasteiger partial charge < -0.3 is 10.2 Å². The van der Waals surface area contributed by atoms with Crippen LogP contribution in [0.25, 0.3) is 0 Å². The van der Waals surface area contributed by atoms with Gasteiger partial charge in [-0.3, -0.25) is 9.59 Å². The molecule has 2 fully saturated rings. The number of carboxylic acid groups (broad SMARTS) is 2. The molecule has 0 amide bonds. The van der Waals surface area contributed by atoms with Gasteiger partial charge in [0.2, 0.25) is 0 Å². The van der Waals surface area contributed by atoms with Gasteiger partial charge in [0.25, 0.3) is 0 Å². The standard InChI is InChI=1S/C14H22O4/c1-8-9-5-3-4-6-11(9)14(2,13(17)18)7-10(8)12(15)16/h8-11H,3-7H2,1-2H3,(H,15,16)(H,17,18). The molecule has 0 aliphatic heterocycles. The summed E-state index contributed by atoms with van der Waals surface area (Å²) in [7, 11) is 0. The lowest BCUT2D eigenvalue weighted by Gasteiger charge is -2.51. The average Bonchev–Trinajstić information content (AvgIpc) is 2.33. The summed E-state index contributed by atoms with van der Waals surface area (Å²) in [5.41, 5.74) is -0.860. The van der Waals surface area contributed by atoms with Crippen LogP contribution < -0.4 is 0 Å². The van der Waals surface area contributed by atoms with Gasteiger partial charge in [0.15, 0.2) is 0 Å². The van der Waals surface area contributed by atoms with Crippen molar-refractivity contribution in [2.45, 2.75) is 46.0 Å². The molecule has 0 radical (unpaired) electrons. The Morgan fingerprint density at radius 3 is 2.33 bits per heavy atom. The molecule has 18 heavy (non-hydrogen) atoms. The maximum Gasteiger partial charge on any atom is 0.309 e. The predicted molar refractivity (Wildman–Crippen MR) is 66.1 cm³/mol. The van der Waals surface area contributed by atoms with E-state index in [1.807, 2.05) is 6.92 Å². The second-order valence-electron chi connectivity index (χ2n) is 6.29. The lowest BCUT2D eigenvalue weighted by molar-refractivity contribution is -0.168. The Balaban J connectivity index is 2.36. The van der Waals surface area contributed by atoms with E-state index in [4.69, 9.17) is 0 Å². The highest BCUT2D eigenvalue weighted by atomic mass is 16.4. The topological polar surface area (TPSA) is 74.6 Å². The highest BCUT2D eigenvalue weighted by Gasteiger charge is 2.55. The van der Waals surface area contributed by atoms with E-state index >= 15 is 0 Å². The third-order valence-corrected chi connectivity index (χ3v) is 5.40. The number of aliphatic carboxylic acids is 2. The smallest absolute Gasteiger partial charge is 0.309 e. The molecule has 2 saturated carbocycles. The van der Waals surface area contributed by atoms with E-state index in [1.54, 1.807) is 6.92 Å². The number of carbonyl (C=O) groups is 2. The van der Waals surface area contributed by atoms with Crippen LogP contribution >= 0.6 is 0 Å². The van der Waals surface area contributed by atoms with E-state index in [2.05, 4.69) is 0 Å². The second kappa shape index (κ2) is 4.56. The van der Waals surface area contributed by atoms with Crippen LogP contribution in [0.2, 0.25) is 0 Å². The van der Waals surface area contributed by atoms with E-state index in [0.717, 1.165) is 25.7 Å². The maximum atomic E-state index is 11.6. The normalized spacial score (nSPS) is 44.1. The Morgan fingerprint density at radius 2 is 1.78 bits per heavy atom. The molecule has 4 heteroatoms. The van der Waals surface area contributed by atoms with Crippen LogP contribution in [0.5, 0.6) is 0 Å². The molecule has 2 aliphatic carbocycles. The van der Waals surface area contributed by atoms with Gasteiger partial charge in [-0.05, 0) is 43.9 Å². The van der Waals surface area contributed by atoms with Crippen molar-refractivity contribution in [2.24, 2.45) is 29.1 Å². The summed E-state index contributed by atoms with van der Waals surface area (Å²) in [5, 5.41) is 18.8. The van der Waals surface area contributed by atoms with Crippen molar-refractivity contribution >= 4 is 11.9 Å². The molecule has 0 spiro atoms. The monoisotopic (exact) mass is 254 g/mol. The van der Waals surface area contributed by atoms with Gasteiger partial charge in [-0.25, -0.2) is 0 Å². The Kier molecular flexibility index (Phi) is 3.39. The SMILES string of the molecule is CC1C(C(=O)O)CC(C)(C(=O)O)C2CCCCC12. The molecule has 5 atom stereocenters. The third-order valence-electron chi connectivity index (χ3n) is 5.40. The summed E-state index contributed by atoms with van der Waals surface area (Å²) in [6.07, 6.45) is 4.38. The molecule has 2 aliphatic rings. The summed E-state index contributed by atoms with van der Waals surface area (Å²) >= 11 is 0. The number of hydrogen-bond donors (Lipinski definition) is 2. The molecule has 0 saturated heterocycles. The van der Waals surface area contributed by atoms with Crippen LogP contribution in [-0.4, -0.2) is 22.2 Å². The first-order valence-electron chi connectivity index (χ1n) is 6.84. The quantitative estimate of drug-likeness (QED) is 0.794. The van der Waals surface area contributed by atoms with Crippen LogP contribution in [0.3, 0.4) is 0 Å². The summed E-state index contributed by atoms with van der Waals surface area (Å²) in [4.78, 5) is 23.0. The summed E-state index contributed by atoms with van der Waals surface area (Å²) in [5.74, 6) is -1.66. The zero-order valence-electron chi connectivity index (χ0n) is 11.1. The predicted octanol–water partition coefficient (Wildman–Crippen LogP) is 2.62. The van der Waals surface area contributed by atoms with Crippen LogP contribution in [-0.2, 0) is 9.59 Å². The first-order chi connectivity index (χ1) is 8.38. The molecule has 5 unspecified atom stereocenters. The molecular formula is C14H22O4. The minimum absolute atomic E-state index is 0.0974. The molecule has 4 nitrogen and oxygen atoms in total. The van der Waals surface area contributed by atoms with Gasteiger partial charge in [0.05, 0.1) is 11.3 Å². The van der Waals surface area contributed by atoms with E-state index in [0.29, 0.717) is 0 Å². The van der Waals surface area contributed by atoms with Crippen LogP contribution in [0.4, 0.5) is 0 Å². The highest BCUT2D eigenvalue weighted by Crippen LogP contribution is 2.55. The van der Waals surface area contributed by atoms with Crippen molar-refractivity contribution in [3.8, 4) is 0 Å². The van der Waals surface area contributed by atoms with Crippen molar-refractivity contribution < 1.29 is 19.8 Å². The van der Waals surface area contributed by atoms with Crippen LogP contribution in [0, 0.1) is 29.1 Å². The molecule has 0 aromatic carbocycles. The fourth-order valence-corrected chi connectivity index (χ4v) is 4.23. The molecule has 0 aromatic heterocycles. The molecule has 2 rings (SSSR count). The van der Waals surface area contributed by atoms with E-state index in [9.17, 15) is 19.8 Å². The van der Waals surface area contributed by atoms with Crippen molar-refractivity contribution in [1.29, 1.82) is 0 Å². The minimum Gasteiger partial charge on any atom is -0.481 e. The van der Waals surface area contributed by atoms with Gasteiger partial charge in [-0.2, -0.15) is 0 Å². The zero-order chi connectivity index (χ0) is 13.5. The van der Waals surface area contributed by atoms with Crippen molar-refractivity contribution in [2.75, 3.05) is 0 Å². The number of hydrogen-bond acceptors (Lipinski definition) is 2. The average molecular weight is 254 g/mol. The van der Waals surface area contributed by atoms with Gasteiger partial charge in [0.1, 0.15) is 0 Å². The fraction of sp³-hybridized carbons (Fsp3) is 0.857. The first kappa shape index (κ1) is 13.4. The molecule has 2 N–H and O–H groups in total. The Hall–Kier alpha value is -1.06. The van der Waals surface area contributed by atoms with Gasteiger partial charge in [0, 0.05) is 0 Å². The molecule has 0 bridgehead atoms. The minimum atomic E-state index is -0.860. The van der Waals surface area contributed by atoms with E-state index in [1.165, 1.54) is 0 Å². The Labute approximate surface area is 107 Å². The van der Waals surface area contributed by atoms with Gasteiger partial charge in [-0.15, -0.1) is 0 Å². The lowest BCUT2D eigenvalue weighted by atomic mass is 9.52. The van der Waals surface area contributed by atoms with Crippen LogP contribution in [0.1, 0.15) is 46.0 Å². The number of fused-ring (bicyclic) bond motifs is 1. The molecular weight excluding hydrogens is 232 g/mol. The molecule has 102 valence electrons. The zero-order valence-corrected chi connectivity index (χ0v) is 11.1. The van der Waals surface area contributed by atoms with Gasteiger partial charge >= 0.3 is 11.9 Å². The summed E-state index contributed by atoms with van der Waals surface area (Å²) < 4.78 is 0. The van der Waals surface area contributed by atoms with Crippen molar-refractivity contribution in [1.82, 2.24) is 0 Å². The number of carboxylic acids is 2. The molecule has 0 heterocycles. The lowest BCUT2D eigenvalue weighted by Crippen LogP contribution is -2.52. The summed E-state index contributed by atoms with van der Waals surface area (Å²) in [6.45, 7) is 3.74. The summed E-state index contributed by atoms with van der Waals surface area (Å²) in [6, 6.07) is 0. The van der Waals surface area contributed by atoms with E-state index < -0.39 is 23.3 Å². The fourth-order valence-electron chi connectivity index (χ4n) is 4.23. The van der Waals surface area contributed by atoms with Crippen LogP contribution in [0.15, 0.2) is 0 Å². The van der Waals surface area contributed by atoms with E-state index in [-0.39, 0.29) is 24.2 Å². The van der Waals surface area contributed by atoms with Gasteiger partial charge in [-0.1, -0.05) is 19.8 Å². The Morgan fingerprint density at radius 1 is 1.17 bits per heavy atom. The maximum absolute atomic E-state index is 11.6. The second-order valence-corrected chi connectivity index (χ2v) is 6.29. The molecule has 0 aromatic rings. The largest absolute Gasteiger partial charge is 0.481 e. The highest BCUT2D eigenvalue weighted by molar-refractivity contribution is 5.78. The third kappa shape index (κ3) is 1.91. The first-order valence-corrected chi connectivity index (χ1v) is 6.84. The van der Waals surface area contributed by atoms with Crippen molar-refractivity contribution in [3.63, 3.8) is 0 Å². The number of rotatable bonds is 2. The van der Waals surface area contributed by atoms with Crippen molar-refractivity contribution in [3.05, 3.63) is 0 Å².